The van der Waals surface area contributed by atoms with Gasteiger partial charge in [0.15, 0.2) is 0 Å². The lowest BCUT2D eigenvalue weighted by molar-refractivity contribution is -0.121. The zero-order chi connectivity index (χ0) is 14.4. The van der Waals surface area contributed by atoms with Crippen LogP contribution in [-0.2, 0) is 24.8 Å². The Kier molecular flexibility index (Phi) is 4.65. The van der Waals surface area contributed by atoms with Crippen LogP contribution in [0.4, 0.5) is 0 Å². The number of hydrogen-bond acceptors (Lipinski definition) is 5. The van der Waals surface area contributed by atoms with Crippen LogP contribution in [0.2, 0.25) is 0 Å². The molecule has 0 unspecified atom stereocenters. The number of nitrogens with one attached hydrogen (secondary N) is 1. The van der Waals surface area contributed by atoms with Crippen LogP contribution in [0.3, 0.4) is 0 Å². The topological polar surface area (TPSA) is 81.9 Å². The van der Waals surface area contributed by atoms with E-state index in [1.807, 2.05) is 13.2 Å². The van der Waals surface area contributed by atoms with E-state index in [-0.39, 0.29) is 5.91 Å². The van der Waals surface area contributed by atoms with E-state index in [1.54, 1.807) is 23.3 Å². The zero-order valence-corrected chi connectivity index (χ0v) is 11.5. The predicted octanol–water partition coefficient (Wildman–Crippen LogP) is 0.468. The van der Waals surface area contributed by atoms with E-state index in [4.69, 9.17) is 4.74 Å². The van der Waals surface area contributed by atoms with Crippen LogP contribution in [0.5, 0.6) is 6.01 Å². The molecule has 0 aliphatic rings. The van der Waals surface area contributed by atoms with Gasteiger partial charge in [0.2, 0.25) is 5.91 Å². The van der Waals surface area contributed by atoms with Crippen molar-refractivity contribution in [3.8, 4) is 6.01 Å². The van der Waals surface area contributed by atoms with Crippen LogP contribution in [0.25, 0.3) is 0 Å². The number of ether oxygens (including phenoxy) is 1. The molecule has 2 rings (SSSR count). The van der Waals surface area contributed by atoms with Crippen LogP contribution in [0, 0.1) is 0 Å². The van der Waals surface area contributed by atoms with Gasteiger partial charge >= 0.3 is 6.01 Å². The summed E-state index contributed by atoms with van der Waals surface area (Å²) < 4.78 is 6.58. The van der Waals surface area contributed by atoms with Crippen molar-refractivity contribution in [2.75, 3.05) is 7.11 Å². The number of amides is 1. The second kappa shape index (κ2) is 6.65. The third-order valence-corrected chi connectivity index (χ3v) is 2.75. The highest BCUT2D eigenvalue weighted by Crippen LogP contribution is 2.04. The smallest absolute Gasteiger partial charge is 0.316 e. The Bertz CT molecular complexity index is 564. The van der Waals surface area contributed by atoms with Gasteiger partial charge in [0.05, 0.1) is 13.3 Å². The molecule has 106 valence electrons. The molecule has 2 heterocycles. The number of hydrogen-bond donors (Lipinski definition) is 1. The van der Waals surface area contributed by atoms with Gasteiger partial charge in [0.25, 0.3) is 0 Å². The Morgan fingerprint density at radius 2 is 2.05 bits per heavy atom. The molecule has 1 N–H and O–H groups in total. The van der Waals surface area contributed by atoms with Crippen molar-refractivity contribution in [1.82, 2.24) is 25.1 Å². The molecule has 0 radical (unpaired) electrons. The van der Waals surface area contributed by atoms with Gasteiger partial charge in [-0.15, -0.1) is 0 Å². The fourth-order valence-electron chi connectivity index (χ4n) is 1.69. The average molecular weight is 275 g/mol. The largest absolute Gasteiger partial charge is 0.467 e. The van der Waals surface area contributed by atoms with Crippen LogP contribution >= 0.6 is 0 Å². The molecule has 7 nitrogen and oxygen atoms in total. The first kappa shape index (κ1) is 14.0. The first-order valence-corrected chi connectivity index (χ1v) is 6.26. The molecule has 2 aromatic rings. The molecule has 0 fully saturated rings. The minimum Gasteiger partial charge on any atom is -0.467 e. The van der Waals surface area contributed by atoms with Gasteiger partial charge < -0.3 is 10.1 Å². The van der Waals surface area contributed by atoms with Crippen LogP contribution in [0.15, 0.2) is 24.8 Å². The molecule has 0 aliphatic carbocycles. The summed E-state index contributed by atoms with van der Waals surface area (Å²) in [6.07, 6.45) is 7.94. The number of carbonyl (C=O) groups is 1. The molecular weight excluding hydrogens is 258 g/mol. The van der Waals surface area contributed by atoms with Crippen LogP contribution < -0.4 is 10.1 Å². The quantitative estimate of drug-likeness (QED) is 0.828. The first-order chi connectivity index (χ1) is 9.67. The normalized spacial score (nSPS) is 10.3. The van der Waals surface area contributed by atoms with Crippen molar-refractivity contribution in [3.63, 3.8) is 0 Å². The maximum atomic E-state index is 11.7. The molecule has 0 atom stereocenters. The van der Waals surface area contributed by atoms with Crippen LogP contribution in [-0.4, -0.2) is 32.8 Å². The summed E-state index contributed by atoms with van der Waals surface area (Å²) in [6.45, 7) is 0.492. The molecule has 0 aromatic carbocycles. The first-order valence-electron chi connectivity index (χ1n) is 6.26. The highest BCUT2D eigenvalue weighted by Gasteiger charge is 2.04. The Labute approximate surface area is 117 Å². The summed E-state index contributed by atoms with van der Waals surface area (Å²) in [7, 11) is 3.36. The van der Waals surface area contributed by atoms with Crippen molar-refractivity contribution in [1.29, 1.82) is 0 Å². The second-order valence-corrected chi connectivity index (χ2v) is 4.38. The molecule has 7 heteroatoms. The molecule has 1 amide bonds. The number of rotatable bonds is 6. The van der Waals surface area contributed by atoms with Crippen molar-refractivity contribution < 1.29 is 9.53 Å². The Hall–Kier alpha value is -2.44. The molecule has 0 bridgehead atoms. The highest BCUT2D eigenvalue weighted by molar-refractivity contribution is 5.76. The number of nitrogens with zero attached hydrogens (tertiary/aromatic N) is 4. The minimum absolute atomic E-state index is 0.00956. The van der Waals surface area contributed by atoms with E-state index in [9.17, 15) is 4.79 Å². The zero-order valence-electron chi connectivity index (χ0n) is 11.5. The van der Waals surface area contributed by atoms with Crippen molar-refractivity contribution >= 4 is 5.91 Å². The van der Waals surface area contributed by atoms with Gasteiger partial charge in [-0.2, -0.15) is 5.10 Å². The minimum atomic E-state index is -0.00956. The van der Waals surface area contributed by atoms with Gasteiger partial charge in [-0.1, -0.05) is 0 Å². The van der Waals surface area contributed by atoms with E-state index < -0.39 is 0 Å². The summed E-state index contributed by atoms with van der Waals surface area (Å²) in [4.78, 5) is 19.7. The van der Waals surface area contributed by atoms with Crippen molar-refractivity contribution in [2.45, 2.75) is 19.4 Å². The summed E-state index contributed by atoms with van der Waals surface area (Å²) in [5.41, 5.74) is 1.89. The lowest BCUT2D eigenvalue weighted by Gasteiger charge is -2.04. The third kappa shape index (κ3) is 4.04. The van der Waals surface area contributed by atoms with Gasteiger partial charge in [-0.3, -0.25) is 9.48 Å². The van der Waals surface area contributed by atoms with E-state index in [0.29, 0.717) is 25.4 Å². The fraction of sp³-hybridized carbons (Fsp3) is 0.385. The fourth-order valence-corrected chi connectivity index (χ4v) is 1.69. The van der Waals surface area contributed by atoms with Gasteiger partial charge in [0.1, 0.15) is 0 Å². The van der Waals surface area contributed by atoms with Gasteiger partial charge in [-0.05, 0) is 12.0 Å². The lowest BCUT2D eigenvalue weighted by Crippen LogP contribution is -2.22. The SMILES string of the molecule is COc1ncc(CCC(=O)NCc2cnn(C)c2)cn1. The molecular formula is C13H17N5O2. The number of carbonyl (C=O) groups excluding carboxylic acids is 1. The number of methoxy groups -OCH3 is 1. The monoisotopic (exact) mass is 275 g/mol. The molecule has 20 heavy (non-hydrogen) atoms. The second-order valence-electron chi connectivity index (χ2n) is 4.38. The third-order valence-electron chi connectivity index (χ3n) is 2.75. The Morgan fingerprint density at radius 1 is 1.30 bits per heavy atom. The van der Waals surface area contributed by atoms with Crippen molar-refractivity contribution in [3.05, 3.63) is 35.9 Å². The van der Waals surface area contributed by atoms with Crippen LogP contribution in [0.1, 0.15) is 17.5 Å². The van der Waals surface area contributed by atoms with Crippen molar-refractivity contribution in [2.24, 2.45) is 7.05 Å². The standard InChI is InChI=1S/C13H17N5O2/c1-18-9-11(8-17-18)7-14-12(19)4-3-10-5-15-13(20-2)16-6-10/h5-6,8-9H,3-4,7H2,1-2H3,(H,14,19). The average Bonchev–Trinajstić information content (AvgIpc) is 2.89. The summed E-state index contributed by atoms with van der Waals surface area (Å²) in [6, 6.07) is 0.328. The lowest BCUT2D eigenvalue weighted by atomic mass is 10.2. The maximum absolute atomic E-state index is 11.7. The Balaban J connectivity index is 1.74. The number of aromatic nitrogens is 4. The molecule has 2 aromatic heterocycles. The van der Waals surface area contributed by atoms with E-state index in [1.165, 1.54) is 7.11 Å². The number of aryl methyl sites for hydroxylation is 2. The Morgan fingerprint density at radius 3 is 2.65 bits per heavy atom. The molecule has 0 spiro atoms. The summed E-state index contributed by atoms with van der Waals surface area (Å²) in [5, 5.41) is 6.89. The van der Waals surface area contributed by atoms with E-state index in [0.717, 1.165) is 11.1 Å². The predicted molar refractivity (Wildman–Crippen MR) is 72.0 cm³/mol. The molecule has 0 saturated heterocycles. The van der Waals surface area contributed by atoms with Gasteiger partial charge in [-0.25, -0.2) is 9.97 Å². The van der Waals surface area contributed by atoms with E-state index >= 15 is 0 Å². The molecule has 0 saturated carbocycles. The summed E-state index contributed by atoms with van der Waals surface area (Å²) in [5.74, 6) is -0.00956. The van der Waals surface area contributed by atoms with Gasteiger partial charge in [0, 0.05) is 44.2 Å². The highest BCUT2D eigenvalue weighted by atomic mass is 16.5. The molecule has 0 aliphatic heterocycles. The maximum Gasteiger partial charge on any atom is 0.316 e. The summed E-state index contributed by atoms with van der Waals surface area (Å²) >= 11 is 0. The van der Waals surface area contributed by atoms with E-state index in [2.05, 4.69) is 20.4 Å².